The van der Waals surface area contributed by atoms with Crippen molar-refractivity contribution in [3.63, 3.8) is 0 Å². The summed E-state index contributed by atoms with van der Waals surface area (Å²) >= 11 is 0. The summed E-state index contributed by atoms with van der Waals surface area (Å²) in [6, 6.07) is 0. The molecule has 0 spiro atoms. The van der Waals surface area contributed by atoms with Crippen molar-refractivity contribution in [2.24, 2.45) is 5.50 Å². The predicted molar refractivity (Wildman–Crippen MR) is 27.1 cm³/mol. The van der Waals surface area contributed by atoms with Crippen molar-refractivity contribution in [2.75, 3.05) is 0 Å². The zero-order valence-electron chi connectivity index (χ0n) is 4.04. The van der Waals surface area contributed by atoms with Crippen LogP contribution in [0.4, 0.5) is 0 Å². The van der Waals surface area contributed by atoms with Crippen molar-refractivity contribution >= 4 is 15.6 Å². The zero-order valence-corrected chi connectivity index (χ0v) is 5.83. The highest BCUT2D eigenvalue weighted by Crippen LogP contribution is 2.51. The summed E-state index contributed by atoms with van der Waals surface area (Å²) in [6.45, 7) is 0. The third-order valence-corrected chi connectivity index (χ3v) is 2.01. The Labute approximate surface area is 50.3 Å². The van der Waals surface area contributed by atoms with Gasteiger partial charge in [-0.2, -0.15) is 4.31 Å². The van der Waals surface area contributed by atoms with Gasteiger partial charge in [-0.3, -0.25) is 0 Å². The Morgan fingerprint density at radius 2 is 1.56 bits per heavy atom. The first-order valence-corrected chi connectivity index (χ1v) is 4.77. The van der Waals surface area contributed by atoms with Gasteiger partial charge in [0.25, 0.3) is 0 Å². The average Bonchev–Trinajstić information content (AvgIpc) is 1.14. The van der Waals surface area contributed by atoms with Gasteiger partial charge in [-0.05, 0) is 0 Å². The van der Waals surface area contributed by atoms with Gasteiger partial charge >= 0.3 is 15.6 Å². The van der Waals surface area contributed by atoms with Crippen LogP contribution in [0.15, 0.2) is 0 Å². The number of phosphoric acid groups is 1. The van der Waals surface area contributed by atoms with Crippen LogP contribution in [0.5, 0.6) is 0 Å². The summed E-state index contributed by atoms with van der Waals surface area (Å²) in [5.41, 5.74) is 4.22. The summed E-state index contributed by atoms with van der Waals surface area (Å²) in [7, 11) is -9.48. The Morgan fingerprint density at radius 1 is 1.22 bits per heavy atom. The van der Waals surface area contributed by atoms with Crippen LogP contribution in [-0.4, -0.2) is 14.7 Å². The second kappa shape index (κ2) is 2.48. The van der Waals surface area contributed by atoms with Gasteiger partial charge < -0.3 is 14.7 Å². The smallest absolute Gasteiger partial charge is 0.312 e. The van der Waals surface area contributed by atoms with Crippen molar-refractivity contribution in [1.82, 2.24) is 0 Å². The maximum absolute atomic E-state index is 9.85. The van der Waals surface area contributed by atoms with E-state index in [1.807, 2.05) is 0 Å². The Balaban J connectivity index is 4.07. The highest BCUT2D eigenvalue weighted by molar-refractivity contribution is 7.62. The van der Waals surface area contributed by atoms with E-state index in [0.717, 1.165) is 0 Å². The van der Waals surface area contributed by atoms with Gasteiger partial charge in [0, 0.05) is 0 Å². The van der Waals surface area contributed by atoms with Crippen molar-refractivity contribution in [2.45, 2.75) is 0 Å². The fourth-order valence-electron chi connectivity index (χ4n) is 0.152. The molecule has 0 aromatic heterocycles. The molecule has 5 N–H and O–H groups in total. The minimum absolute atomic E-state index is 3.18. The van der Waals surface area contributed by atoms with Gasteiger partial charge in [0.1, 0.15) is 0 Å². The van der Waals surface area contributed by atoms with E-state index in [0.29, 0.717) is 0 Å². The van der Waals surface area contributed by atoms with Gasteiger partial charge in [0.15, 0.2) is 0 Å². The number of hydrogen-bond donors (Lipinski definition) is 4. The predicted octanol–water partition coefficient (Wildman–Crippen LogP) is -0.845. The maximum atomic E-state index is 9.85. The van der Waals surface area contributed by atoms with Crippen molar-refractivity contribution in [3.05, 3.63) is 0 Å². The molecule has 9 heavy (non-hydrogen) atoms. The molecule has 0 radical (unpaired) electrons. The van der Waals surface area contributed by atoms with Crippen LogP contribution in [0.25, 0.3) is 0 Å². The normalized spacial score (nSPS) is 19.1. The third kappa shape index (κ3) is 8.26. The van der Waals surface area contributed by atoms with Crippen LogP contribution in [-0.2, 0) is 13.4 Å². The highest BCUT2D eigenvalue weighted by Gasteiger charge is 2.25. The lowest BCUT2D eigenvalue weighted by atomic mass is 13.9. The average molecular weight is 177 g/mol. The van der Waals surface area contributed by atoms with E-state index < -0.39 is 15.6 Å². The monoisotopic (exact) mass is 177 g/mol. The maximum Gasteiger partial charge on any atom is 0.477 e. The Bertz CT molecular complexity index is 151. The van der Waals surface area contributed by atoms with Gasteiger partial charge in [0.2, 0.25) is 0 Å². The lowest BCUT2D eigenvalue weighted by Gasteiger charge is -2.05. The quantitative estimate of drug-likeness (QED) is 0.404. The largest absolute Gasteiger partial charge is 0.477 e. The molecule has 7 nitrogen and oxygen atoms in total. The van der Waals surface area contributed by atoms with Gasteiger partial charge in [-0.25, -0.2) is 14.6 Å². The van der Waals surface area contributed by atoms with Crippen LogP contribution in [0, 0.1) is 0 Å². The third-order valence-electron chi connectivity index (χ3n) is 0.223. The Hall–Kier alpha value is 0.260. The SMILES string of the molecule is NP(=O)(O)OP(=O)(O)O. The Morgan fingerprint density at radius 3 is 1.56 bits per heavy atom. The molecule has 0 aliphatic heterocycles. The number of nitrogens with two attached hydrogens (primary N) is 1. The van der Waals surface area contributed by atoms with E-state index in [2.05, 4.69) is 9.81 Å². The molecule has 56 valence electrons. The summed E-state index contributed by atoms with van der Waals surface area (Å²) < 4.78 is 22.7. The fraction of sp³-hybridized carbons (Fsp3) is 0. The molecule has 1 atom stereocenters. The second-order valence-corrected chi connectivity index (χ2v) is 3.90. The first-order chi connectivity index (χ1) is 3.71. The van der Waals surface area contributed by atoms with Crippen molar-refractivity contribution in [1.29, 1.82) is 0 Å². The molecular weight excluding hydrogens is 172 g/mol. The molecule has 0 aliphatic rings. The summed E-state index contributed by atoms with van der Waals surface area (Å²) in [6.07, 6.45) is 0. The van der Waals surface area contributed by atoms with Crippen LogP contribution in [0.3, 0.4) is 0 Å². The molecule has 0 rings (SSSR count). The van der Waals surface area contributed by atoms with Gasteiger partial charge in [-0.1, -0.05) is 0 Å². The summed E-state index contributed by atoms with van der Waals surface area (Å²) in [5.74, 6) is 0. The highest BCUT2D eigenvalue weighted by atomic mass is 31.3. The lowest BCUT2D eigenvalue weighted by Crippen LogP contribution is -1.95. The number of hydrogen-bond acceptors (Lipinski definition) is 3. The molecule has 0 amide bonds. The first-order valence-electron chi connectivity index (χ1n) is 1.59. The minimum Gasteiger partial charge on any atom is -0.312 e. The van der Waals surface area contributed by atoms with Gasteiger partial charge in [-0.15, -0.1) is 0 Å². The van der Waals surface area contributed by atoms with Crippen LogP contribution in [0.1, 0.15) is 0 Å². The molecule has 0 aromatic carbocycles. The van der Waals surface area contributed by atoms with Crippen LogP contribution < -0.4 is 5.50 Å². The molecule has 0 aromatic rings. The molecule has 0 bridgehead atoms. The van der Waals surface area contributed by atoms with E-state index >= 15 is 0 Å². The molecule has 0 saturated carbocycles. The van der Waals surface area contributed by atoms with Gasteiger partial charge in [0.05, 0.1) is 0 Å². The molecular formula is H5NO6P2. The molecule has 0 heterocycles. The van der Waals surface area contributed by atoms with Crippen molar-refractivity contribution < 1.29 is 28.1 Å². The lowest BCUT2D eigenvalue weighted by molar-refractivity contribution is 0.264. The molecule has 1 unspecified atom stereocenters. The second-order valence-electron chi connectivity index (χ2n) is 1.14. The minimum atomic E-state index is -4.93. The van der Waals surface area contributed by atoms with Crippen LogP contribution in [0.2, 0.25) is 0 Å². The van der Waals surface area contributed by atoms with Crippen molar-refractivity contribution in [3.8, 4) is 0 Å². The molecule has 0 aliphatic carbocycles. The van der Waals surface area contributed by atoms with E-state index in [1.165, 1.54) is 0 Å². The van der Waals surface area contributed by atoms with E-state index in [4.69, 9.17) is 14.7 Å². The summed E-state index contributed by atoms with van der Waals surface area (Å²) in [4.78, 5) is 23.6. The fourth-order valence-corrected chi connectivity index (χ4v) is 1.37. The molecule has 0 fully saturated rings. The van der Waals surface area contributed by atoms with E-state index in [-0.39, 0.29) is 0 Å². The van der Waals surface area contributed by atoms with Crippen LogP contribution >= 0.6 is 15.6 Å². The molecule has 9 heteroatoms. The standard InChI is InChI=1S/H5NO6P2/c1-8(2,3)7-9(4,5)6/h(H3,1,2,3)(H2,4,5,6). The molecule has 0 saturated heterocycles. The topological polar surface area (TPSA) is 130 Å². The first kappa shape index (κ1) is 9.26. The zero-order chi connectivity index (χ0) is 7.71. The summed E-state index contributed by atoms with van der Waals surface area (Å²) in [5, 5.41) is 0. The Kier molecular flexibility index (Phi) is 2.55. The van der Waals surface area contributed by atoms with E-state index in [1.54, 1.807) is 0 Å². The number of rotatable bonds is 2. The van der Waals surface area contributed by atoms with E-state index in [9.17, 15) is 9.13 Å².